The van der Waals surface area contributed by atoms with E-state index in [-0.39, 0.29) is 6.54 Å². The Labute approximate surface area is 129 Å². The third-order valence-electron chi connectivity index (χ3n) is 5.23. The molecule has 0 saturated heterocycles. The number of aliphatic carboxylic acids is 1. The van der Waals surface area contributed by atoms with Gasteiger partial charge < -0.3 is 10.4 Å². The van der Waals surface area contributed by atoms with Gasteiger partial charge in [0, 0.05) is 18.1 Å². The quantitative estimate of drug-likeness (QED) is 0.791. The van der Waals surface area contributed by atoms with Crippen LogP contribution < -0.4 is 5.32 Å². The summed E-state index contributed by atoms with van der Waals surface area (Å²) in [6.07, 6.45) is 6.10. The van der Waals surface area contributed by atoms with Gasteiger partial charge in [-0.1, -0.05) is 27.7 Å². The Morgan fingerprint density at radius 3 is 2.43 bits per heavy atom. The molecule has 21 heavy (non-hydrogen) atoms. The number of nitrogens with zero attached hydrogens (tertiary/aromatic N) is 1. The molecule has 2 fully saturated rings. The van der Waals surface area contributed by atoms with E-state index in [1.165, 1.54) is 19.3 Å². The summed E-state index contributed by atoms with van der Waals surface area (Å²) in [5.41, 5.74) is 0.456. The minimum atomic E-state index is -0.712. The number of likely N-dealkylation sites (N-methyl/N-ethyl adjacent to an activating group) is 1. The molecule has 0 amide bonds. The molecular weight excluding hydrogens is 264 g/mol. The fourth-order valence-electron chi connectivity index (χ4n) is 4.50. The van der Waals surface area contributed by atoms with E-state index in [1.807, 2.05) is 0 Å². The highest BCUT2D eigenvalue weighted by Crippen LogP contribution is 2.39. The first kappa shape index (κ1) is 16.8. The summed E-state index contributed by atoms with van der Waals surface area (Å²) in [6.45, 7) is 10.2. The van der Waals surface area contributed by atoms with Crippen LogP contribution in [0.4, 0.5) is 0 Å². The average molecular weight is 296 g/mol. The summed E-state index contributed by atoms with van der Waals surface area (Å²) in [4.78, 5) is 13.0. The van der Waals surface area contributed by atoms with Crippen molar-refractivity contribution in [3.8, 4) is 0 Å². The molecule has 122 valence electrons. The number of carbonyl (C=O) groups is 1. The molecular formula is C17H32N2O2. The van der Waals surface area contributed by atoms with E-state index in [9.17, 15) is 4.79 Å². The second-order valence-corrected chi connectivity index (χ2v) is 8.06. The Bertz CT molecular complexity index is 364. The zero-order valence-electron chi connectivity index (χ0n) is 14.1. The van der Waals surface area contributed by atoms with E-state index in [0.29, 0.717) is 23.5 Å². The molecule has 2 N–H and O–H groups in total. The molecule has 0 aromatic carbocycles. The summed E-state index contributed by atoms with van der Waals surface area (Å²) < 4.78 is 0. The third kappa shape index (κ3) is 4.68. The predicted molar refractivity (Wildman–Crippen MR) is 85.4 cm³/mol. The molecule has 2 aliphatic carbocycles. The molecule has 0 spiro atoms. The number of carboxylic acid groups (broad SMARTS) is 1. The fourth-order valence-corrected chi connectivity index (χ4v) is 4.50. The van der Waals surface area contributed by atoms with Crippen molar-refractivity contribution in [2.75, 3.05) is 13.1 Å². The average Bonchev–Trinajstić information content (AvgIpc) is 2.27. The number of nitrogens with one attached hydrogen (secondary N) is 1. The lowest BCUT2D eigenvalue weighted by Crippen LogP contribution is -2.56. The lowest BCUT2D eigenvalue weighted by atomic mass is 9.70. The second-order valence-electron chi connectivity index (χ2n) is 8.06. The molecule has 0 aromatic heterocycles. The lowest BCUT2D eigenvalue weighted by molar-refractivity contribution is -0.139. The number of rotatable bonds is 6. The van der Waals surface area contributed by atoms with Crippen LogP contribution in [0, 0.1) is 11.3 Å². The zero-order valence-corrected chi connectivity index (χ0v) is 14.1. The fraction of sp³-hybridized carbons (Fsp3) is 0.941. The maximum Gasteiger partial charge on any atom is 0.317 e. The summed E-state index contributed by atoms with van der Waals surface area (Å²) in [5, 5.41) is 12.8. The standard InChI is InChI=1S/C17H32N2O2/c1-5-19(11-16(20)21)15-7-13(8-15)18-14-6-12(2)9-17(3,4)10-14/h12-15,18H,5-11H2,1-4H3,(H,20,21). The van der Waals surface area contributed by atoms with Gasteiger partial charge in [-0.2, -0.15) is 0 Å². The largest absolute Gasteiger partial charge is 0.480 e. The van der Waals surface area contributed by atoms with Crippen LogP contribution >= 0.6 is 0 Å². The van der Waals surface area contributed by atoms with Gasteiger partial charge in [0.2, 0.25) is 0 Å². The van der Waals surface area contributed by atoms with Crippen molar-refractivity contribution in [3.05, 3.63) is 0 Å². The number of carboxylic acids is 1. The highest BCUT2D eigenvalue weighted by molar-refractivity contribution is 5.69. The van der Waals surface area contributed by atoms with Crippen LogP contribution in [0.1, 0.15) is 59.8 Å². The van der Waals surface area contributed by atoms with Crippen LogP contribution in [0.3, 0.4) is 0 Å². The van der Waals surface area contributed by atoms with Crippen molar-refractivity contribution in [1.82, 2.24) is 10.2 Å². The van der Waals surface area contributed by atoms with Gasteiger partial charge in [-0.25, -0.2) is 0 Å². The van der Waals surface area contributed by atoms with Crippen molar-refractivity contribution >= 4 is 5.97 Å². The Kier molecular flexibility index (Phi) is 5.31. The Hall–Kier alpha value is -0.610. The number of hydrogen-bond acceptors (Lipinski definition) is 3. The lowest BCUT2D eigenvalue weighted by Gasteiger charge is -2.46. The topological polar surface area (TPSA) is 52.6 Å². The highest BCUT2D eigenvalue weighted by atomic mass is 16.4. The van der Waals surface area contributed by atoms with Crippen molar-refractivity contribution < 1.29 is 9.90 Å². The van der Waals surface area contributed by atoms with Gasteiger partial charge in [-0.05, 0) is 50.0 Å². The van der Waals surface area contributed by atoms with E-state index in [2.05, 4.69) is 37.9 Å². The van der Waals surface area contributed by atoms with Gasteiger partial charge in [0.15, 0.2) is 0 Å². The van der Waals surface area contributed by atoms with Crippen LogP contribution in [0.15, 0.2) is 0 Å². The normalized spacial score (nSPS) is 35.5. The molecule has 2 atom stereocenters. The van der Waals surface area contributed by atoms with E-state index in [0.717, 1.165) is 25.3 Å². The molecule has 0 bridgehead atoms. The van der Waals surface area contributed by atoms with E-state index in [4.69, 9.17) is 5.11 Å². The molecule has 2 saturated carbocycles. The smallest absolute Gasteiger partial charge is 0.317 e. The monoisotopic (exact) mass is 296 g/mol. The maximum atomic E-state index is 10.9. The van der Waals surface area contributed by atoms with Crippen LogP contribution in [-0.2, 0) is 4.79 Å². The minimum Gasteiger partial charge on any atom is -0.480 e. The third-order valence-corrected chi connectivity index (χ3v) is 5.23. The molecule has 4 nitrogen and oxygen atoms in total. The van der Waals surface area contributed by atoms with E-state index >= 15 is 0 Å². The minimum absolute atomic E-state index is 0.182. The zero-order chi connectivity index (χ0) is 15.6. The van der Waals surface area contributed by atoms with Gasteiger partial charge >= 0.3 is 5.97 Å². The molecule has 0 aliphatic heterocycles. The molecule has 0 radical (unpaired) electrons. The van der Waals surface area contributed by atoms with Crippen LogP contribution in [0.5, 0.6) is 0 Å². The molecule has 2 unspecified atom stereocenters. The van der Waals surface area contributed by atoms with Crippen molar-refractivity contribution in [3.63, 3.8) is 0 Å². The summed E-state index contributed by atoms with van der Waals surface area (Å²) in [7, 11) is 0. The molecule has 0 aromatic rings. The Balaban J connectivity index is 1.76. The van der Waals surface area contributed by atoms with Crippen molar-refractivity contribution in [2.24, 2.45) is 11.3 Å². The van der Waals surface area contributed by atoms with Crippen LogP contribution in [0.25, 0.3) is 0 Å². The van der Waals surface area contributed by atoms with Crippen molar-refractivity contribution in [1.29, 1.82) is 0 Å². The van der Waals surface area contributed by atoms with Gasteiger partial charge in [-0.15, -0.1) is 0 Å². The van der Waals surface area contributed by atoms with Crippen LogP contribution in [-0.4, -0.2) is 47.2 Å². The number of hydrogen-bond donors (Lipinski definition) is 2. The second kappa shape index (κ2) is 6.66. The maximum absolute atomic E-state index is 10.9. The Morgan fingerprint density at radius 1 is 1.24 bits per heavy atom. The molecule has 2 rings (SSSR count). The molecule has 0 heterocycles. The molecule has 2 aliphatic rings. The summed E-state index contributed by atoms with van der Waals surface area (Å²) in [5.74, 6) is 0.0948. The van der Waals surface area contributed by atoms with Gasteiger partial charge in [-0.3, -0.25) is 9.69 Å². The summed E-state index contributed by atoms with van der Waals surface area (Å²) in [6, 6.07) is 1.69. The first-order valence-corrected chi connectivity index (χ1v) is 8.51. The Morgan fingerprint density at radius 2 is 1.90 bits per heavy atom. The van der Waals surface area contributed by atoms with Crippen LogP contribution in [0.2, 0.25) is 0 Å². The highest BCUT2D eigenvalue weighted by Gasteiger charge is 2.38. The first-order chi connectivity index (χ1) is 9.79. The molecule has 4 heteroatoms. The summed E-state index contributed by atoms with van der Waals surface area (Å²) >= 11 is 0. The first-order valence-electron chi connectivity index (χ1n) is 8.51. The van der Waals surface area contributed by atoms with Gasteiger partial charge in [0.1, 0.15) is 0 Å². The SMILES string of the molecule is CCN(CC(=O)O)C1CC(NC2CC(C)CC(C)(C)C2)C1. The predicted octanol–water partition coefficient (Wildman–Crippen LogP) is 2.73. The van der Waals surface area contributed by atoms with E-state index in [1.54, 1.807) is 0 Å². The van der Waals surface area contributed by atoms with Gasteiger partial charge in [0.05, 0.1) is 6.54 Å². The van der Waals surface area contributed by atoms with Crippen molar-refractivity contribution in [2.45, 2.75) is 77.9 Å². The van der Waals surface area contributed by atoms with E-state index < -0.39 is 5.97 Å². The van der Waals surface area contributed by atoms with Gasteiger partial charge in [0.25, 0.3) is 0 Å².